The van der Waals surface area contributed by atoms with Gasteiger partial charge in [0.05, 0.1) is 11.1 Å². The maximum atomic E-state index is 13.5. The molecule has 1 aliphatic carbocycles. The molecule has 188 valence electrons. The molecule has 1 fully saturated rings. The Bertz CT molecular complexity index is 1670. The van der Waals surface area contributed by atoms with Crippen molar-refractivity contribution in [2.45, 2.75) is 18.4 Å². The van der Waals surface area contributed by atoms with Gasteiger partial charge in [-0.25, -0.2) is 4.39 Å². The Kier molecular flexibility index (Phi) is 5.80. The van der Waals surface area contributed by atoms with Gasteiger partial charge in [0.2, 0.25) is 0 Å². The van der Waals surface area contributed by atoms with Crippen LogP contribution in [-0.4, -0.2) is 18.9 Å². The fraction of sp³-hybridized carbons (Fsp3) is 0.125. The summed E-state index contributed by atoms with van der Waals surface area (Å²) < 4.78 is 19.6. The van der Waals surface area contributed by atoms with Gasteiger partial charge in [-0.3, -0.25) is 9.59 Å². The molecule has 1 aliphatic rings. The zero-order valence-corrected chi connectivity index (χ0v) is 20.8. The molecule has 4 aromatic carbocycles. The van der Waals surface area contributed by atoms with Crippen molar-refractivity contribution >= 4 is 22.8 Å². The standard InChI is InChI=1S/C32H25FN2O3/c1-34-31(37)28-26-19-22(12-15-27(26)38-29(28)20-10-13-25(33)14-11-20)21-6-5-7-23(18-21)30(36)35-32(16-17-32)24-8-3-2-4-9-24/h2-15,18-19H,16-17H2,1H3,(H,34,37)(H,35,36). The minimum Gasteiger partial charge on any atom is -0.455 e. The van der Waals surface area contributed by atoms with Crippen molar-refractivity contribution < 1.29 is 18.4 Å². The van der Waals surface area contributed by atoms with Crippen molar-refractivity contribution in [1.82, 2.24) is 10.6 Å². The molecule has 0 spiro atoms. The van der Waals surface area contributed by atoms with Crippen LogP contribution < -0.4 is 10.6 Å². The summed E-state index contributed by atoms with van der Waals surface area (Å²) in [4.78, 5) is 26.1. The molecule has 0 bridgehead atoms. The van der Waals surface area contributed by atoms with E-state index in [-0.39, 0.29) is 23.2 Å². The summed E-state index contributed by atoms with van der Waals surface area (Å²) in [6, 6.07) is 28.9. The van der Waals surface area contributed by atoms with Crippen LogP contribution in [0.3, 0.4) is 0 Å². The van der Waals surface area contributed by atoms with E-state index in [4.69, 9.17) is 4.42 Å². The summed E-state index contributed by atoms with van der Waals surface area (Å²) in [5, 5.41) is 6.55. The number of halogens is 1. The average molecular weight is 505 g/mol. The molecule has 0 saturated heterocycles. The monoisotopic (exact) mass is 504 g/mol. The van der Waals surface area contributed by atoms with Crippen LogP contribution in [0.4, 0.5) is 4.39 Å². The van der Waals surface area contributed by atoms with Crippen molar-refractivity contribution in [3.8, 4) is 22.5 Å². The van der Waals surface area contributed by atoms with Gasteiger partial charge in [-0.2, -0.15) is 0 Å². The Labute approximate surface area is 219 Å². The Balaban J connectivity index is 1.35. The molecule has 2 amide bonds. The third-order valence-electron chi connectivity index (χ3n) is 7.14. The summed E-state index contributed by atoms with van der Waals surface area (Å²) in [7, 11) is 1.56. The zero-order chi connectivity index (χ0) is 26.3. The zero-order valence-electron chi connectivity index (χ0n) is 20.8. The summed E-state index contributed by atoms with van der Waals surface area (Å²) in [5.74, 6) is -0.416. The largest absolute Gasteiger partial charge is 0.455 e. The first-order valence-electron chi connectivity index (χ1n) is 12.5. The van der Waals surface area contributed by atoms with Crippen LogP contribution in [0, 0.1) is 5.82 Å². The molecule has 6 heteroatoms. The molecule has 1 heterocycles. The molecule has 0 atom stereocenters. The minimum atomic E-state index is -0.367. The lowest BCUT2D eigenvalue weighted by Gasteiger charge is -2.18. The molecule has 5 aromatic rings. The van der Waals surface area contributed by atoms with Crippen molar-refractivity contribution in [1.29, 1.82) is 0 Å². The number of amides is 2. The first kappa shape index (κ1) is 23.7. The van der Waals surface area contributed by atoms with Gasteiger partial charge in [0.15, 0.2) is 0 Å². The summed E-state index contributed by atoms with van der Waals surface area (Å²) in [6.07, 6.45) is 1.83. The number of hydrogen-bond donors (Lipinski definition) is 2. The second-order valence-electron chi connectivity index (χ2n) is 9.59. The molecule has 38 heavy (non-hydrogen) atoms. The van der Waals surface area contributed by atoms with Crippen molar-refractivity contribution in [3.63, 3.8) is 0 Å². The van der Waals surface area contributed by atoms with Crippen LogP contribution in [0.5, 0.6) is 0 Å². The van der Waals surface area contributed by atoms with Gasteiger partial charge in [-0.15, -0.1) is 0 Å². The number of carbonyl (C=O) groups excluding carboxylic acids is 2. The van der Waals surface area contributed by atoms with Gasteiger partial charge >= 0.3 is 0 Å². The SMILES string of the molecule is CNC(=O)c1c(-c2ccc(F)cc2)oc2ccc(-c3cccc(C(=O)NC4(c5ccccc5)CC4)c3)cc12. The molecule has 2 N–H and O–H groups in total. The molecule has 1 saturated carbocycles. The lowest BCUT2D eigenvalue weighted by molar-refractivity contribution is 0.0929. The molecule has 0 unspecified atom stereocenters. The first-order valence-corrected chi connectivity index (χ1v) is 12.5. The molecule has 0 radical (unpaired) electrons. The van der Waals surface area contributed by atoms with E-state index >= 15 is 0 Å². The number of fused-ring (bicyclic) bond motifs is 1. The maximum absolute atomic E-state index is 13.5. The maximum Gasteiger partial charge on any atom is 0.255 e. The molecule has 1 aromatic heterocycles. The van der Waals surface area contributed by atoms with Crippen LogP contribution >= 0.6 is 0 Å². The highest BCUT2D eigenvalue weighted by Gasteiger charge is 2.45. The minimum absolute atomic E-state index is 0.123. The van der Waals surface area contributed by atoms with Crippen LogP contribution in [0.2, 0.25) is 0 Å². The normalized spacial score (nSPS) is 13.7. The Morgan fingerprint density at radius 3 is 2.21 bits per heavy atom. The fourth-order valence-electron chi connectivity index (χ4n) is 4.93. The van der Waals surface area contributed by atoms with E-state index < -0.39 is 0 Å². The van der Waals surface area contributed by atoms with Crippen LogP contribution in [0.25, 0.3) is 33.4 Å². The van der Waals surface area contributed by atoms with E-state index in [1.54, 1.807) is 25.2 Å². The van der Waals surface area contributed by atoms with Crippen molar-refractivity contribution in [2.75, 3.05) is 7.05 Å². The van der Waals surface area contributed by atoms with Crippen LogP contribution in [0.15, 0.2) is 101 Å². The highest BCUT2D eigenvalue weighted by Crippen LogP contribution is 2.45. The second kappa shape index (κ2) is 9.30. The molecular weight excluding hydrogens is 479 g/mol. The summed E-state index contributed by atoms with van der Waals surface area (Å²) >= 11 is 0. The number of nitrogens with one attached hydrogen (secondary N) is 2. The number of carbonyl (C=O) groups is 2. The number of benzene rings is 4. The fourth-order valence-corrected chi connectivity index (χ4v) is 4.93. The van der Waals surface area contributed by atoms with E-state index in [0.29, 0.717) is 33.4 Å². The highest BCUT2D eigenvalue weighted by atomic mass is 19.1. The lowest BCUT2D eigenvalue weighted by atomic mass is 9.98. The first-order chi connectivity index (χ1) is 18.5. The average Bonchev–Trinajstić information content (AvgIpc) is 3.64. The van der Waals surface area contributed by atoms with E-state index in [9.17, 15) is 14.0 Å². The highest BCUT2D eigenvalue weighted by molar-refractivity contribution is 6.11. The summed E-state index contributed by atoms with van der Waals surface area (Å²) in [5.41, 5.74) is 4.59. The smallest absolute Gasteiger partial charge is 0.255 e. The molecule has 6 rings (SSSR count). The Morgan fingerprint density at radius 2 is 1.50 bits per heavy atom. The van der Waals surface area contributed by atoms with Crippen molar-refractivity contribution in [2.24, 2.45) is 0 Å². The number of rotatable bonds is 6. The lowest BCUT2D eigenvalue weighted by Crippen LogP contribution is -2.34. The van der Waals surface area contributed by atoms with Gasteiger partial charge < -0.3 is 15.1 Å². The molecule has 5 nitrogen and oxygen atoms in total. The van der Waals surface area contributed by atoms with E-state index in [1.807, 2.05) is 66.7 Å². The van der Waals surface area contributed by atoms with E-state index in [0.717, 1.165) is 29.5 Å². The van der Waals surface area contributed by atoms with Gasteiger partial charge in [0.1, 0.15) is 17.2 Å². The second-order valence-corrected chi connectivity index (χ2v) is 9.59. The van der Waals surface area contributed by atoms with E-state index in [1.165, 1.54) is 12.1 Å². The van der Waals surface area contributed by atoms with E-state index in [2.05, 4.69) is 10.6 Å². The number of furan rings is 1. The predicted molar refractivity (Wildman–Crippen MR) is 145 cm³/mol. The molecule has 0 aliphatic heterocycles. The topological polar surface area (TPSA) is 71.3 Å². The summed E-state index contributed by atoms with van der Waals surface area (Å²) in [6.45, 7) is 0. The van der Waals surface area contributed by atoms with Gasteiger partial charge in [-0.1, -0.05) is 48.5 Å². The van der Waals surface area contributed by atoms with Gasteiger partial charge in [-0.05, 0) is 78.1 Å². The van der Waals surface area contributed by atoms with Crippen LogP contribution in [-0.2, 0) is 5.54 Å². The third kappa shape index (κ3) is 4.24. The Hall–Kier alpha value is -4.71. The van der Waals surface area contributed by atoms with Gasteiger partial charge in [0.25, 0.3) is 11.8 Å². The predicted octanol–water partition coefficient (Wildman–Crippen LogP) is 6.68. The quantitative estimate of drug-likeness (QED) is 0.271. The molecular formula is C32H25FN2O3. The Morgan fingerprint density at radius 1 is 0.789 bits per heavy atom. The van der Waals surface area contributed by atoms with Crippen LogP contribution in [0.1, 0.15) is 39.1 Å². The van der Waals surface area contributed by atoms with Gasteiger partial charge in [0, 0.05) is 23.6 Å². The third-order valence-corrected chi connectivity index (χ3v) is 7.14. The van der Waals surface area contributed by atoms with Crippen molar-refractivity contribution in [3.05, 3.63) is 120 Å². The number of hydrogen-bond acceptors (Lipinski definition) is 3.